The molecule has 10 heteroatoms. The van der Waals surface area contributed by atoms with Crippen LogP contribution < -0.4 is 10.2 Å². The Morgan fingerprint density at radius 2 is 2.10 bits per heavy atom. The van der Waals surface area contributed by atoms with Crippen LogP contribution in [-0.2, 0) is 4.74 Å². The van der Waals surface area contributed by atoms with Crippen LogP contribution in [-0.4, -0.2) is 23.9 Å². The minimum atomic E-state index is -1.44. The first-order valence-electron chi connectivity index (χ1n) is 8.24. The van der Waals surface area contributed by atoms with Crippen molar-refractivity contribution >= 4 is 52.0 Å². The average Bonchev–Trinajstić information content (AvgIpc) is 3.01. The van der Waals surface area contributed by atoms with Crippen molar-refractivity contribution < 1.29 is 28.2 Å². The predicted octanol–water partition coefficient (Wildman–Crippen LogP) is 5.48. The van der Waals surface area contributed by atoms with Crippen LogP contribution in [0.1, 0.15) is 12.5 Å². The number of carboxylic acid groups (broad SMARTS) is 1. The minimum absolute atomic E-state index is 0.0165. The van der Waals surface area contributed by atoms with Crippen LogP contribution in [0.25, 0.3) is 11.0 Å². The molecular weight excluding hydrogens is 405 g/mol. The van der Waals surface area contributed by atoms with Gasteiger partial charge in [0.05, 0.1) is 28.9 Å². The van der Waals surface area contributed by atoms with Crippen molar-refractivity contribution in [3.05, 3.63) is 52.8 Å². The van der Waals surface area contributed by atoms with E-state index in [-0.39, 0.29) is 40.0 Å². The number of carbonyl (C=O) groups excluding carboxylic acids is 1. The summed E-state index contributed by atoms with van der Waals surface area (Å²) in [6, 6.07) is 9.64. The van der Waals surface area contributed by atoms with Crippen molar-refractivity contribution in [2.45, 2.75) is 6.92 Å². The maximum Gasteiger partial charge on any atom is 0.416 e. The van der Waals surface area contributed by atoms with Crippen LogP contribution in [0.3, 0.4) is 0 Å². The van der Waals surface area contributed by atoms with Crippen LogP contribution in [0.2, 0.25) is 5.02 Å². The topological polar surface area (TPSA) is 116 Å². The molecule has 1 aromatic heterocycles. The number of hydrogen-bond acceptors (Lipinski definition) is 5. The number of furan rings is 1. The number of anilines is 3. The summed E-state index contributed by atoms with van der Waals surface area (Å²) >= 11 is 5.80. The third-order valence-electron chi connectivity index (χ3n) is 3.86. The maximum absolute atomic E-state index is 13.6. The molecule has 0 saturated carbocycles. The molecule has 3 rings (SSSR count). The van der Waals surface area contributed by atoms with Crippen molar-refractivity contribution in [3.8, 4) is 6.07 Å². The van der Waals surface area contributed by atoms with Crippen molar-refractivity contribution in [3.63, 3.8) is 0 Å². The van der Waals surface area contributed by atoms with Gasteiger partial charge in [-0.1, -0.05) is 11.6 Å². The van der Waals surface area contributed by atoms with E-state index in [1.165, 1.54) is 24.3 Å². The van der Waals surface area contributed by atoms with Gasteiger partial charge in [-0.15, -0.1) is 0 Å². The monoisotopic (exact) mass is 417 g/mol. The number of rotatable bonds is 4. The molecule has 1 heterocycles. The summed E-state index contributed by atoms with van der Waals surface area (Å²) in [6.07, 6.45) is -2.30. The van der Waals surface area contributed by atoms with Gasteiger partial charge in [-0.05, 0) is 43.3 Å². The average molecular weight is 418 g/mol. The quantitative estimate of drug-likeness (QED) is 0.580. The summed E-state index contributed by atoms with van der Waals surface area (Å²) in [6.45, 7) is 1.68. The number of halogens is 2. The van der Waals surface area contributed by atoms with Gasteiger partial charge in [0.15, 0.2) is 0 Å². The molecule has 2 aromatic carbocycles. The van der Waals surface area contributed by atoms with Crippen molar-refractivity contribution in [2.24, 2.45) is 0 Å². The number of benzene rings is 2. The summed E-state index contributed by atoms with van der Waals surface area (Å²) in [7, 11) is 0. The zero-order valence-corrected chi connectivity index (χ0v) is 15.7. The first-order chi connectivity index (χ1) is 13.8. The highest BCUT2D eigenvalue weighted by Gasteiger charge is 2.28. The molecule has 2 amide bonds. The van der Waals surface area contributed by atoms with Crippen molar-refractivity contribution in [1.29, 1.82) is 5.26 Å². The van der Waals surface area contributed by atoms with E-state index in [1.807, 2.05) is 6.07 Å². The van der Waals surface area contributed by atoms with Crippen molar-refractivity contribution in [1.82, 2.24) is 0 Å². The largest absolute Gasteiger partial charge is 0.464 e. The molecule has 0 saturated heterocycles. The lowest BCUT2D eigenvalue weighted by molar-refractivity contribution is 0.167. The molecule has 29 heavy (non-hydrogen) atoms. The summed E-state index contributed by atoms with van der Waals surface area (Å²) < 4.78 is 24.0. The molecule has 0 aliphatic carbocycles. The fraction of sp³-hybridized carbons (Fsp3) is 0.105. The van der Waals surface area contributed by atoms with E-state index in [2.05, 4.69) is 5.32 Å². The van der Waals surface area contributed by atoms with Gasteiger partial charge in [0.1, 0.15) is 17.1 Å². The van der Waals surface area contributed by atoms with Gasteiger partial charge >= 0.3 is 12.2 Å². The summed E-state index contributed by atoms with van der Waals surface area (Å²) in [4.78, 5) is 24.8. The van der Waals surface area contributed by atoms with Crippen molar-refractivity contribution in [2.75, 3.05) is 16.8 Å². The fourth-order valence-electron chi connectivity index (χ4n) is 2.68. The molecule has 0 aliphatic heterocycles. The van der Waals surface area contributed by atoms with Crippen LogP contribution in [0.4, 0.5) is 31.2 Å². The van der Waals surface area contributed by atoms with Gasteiger partial charge in [-0.25, -0.2) is 18.9 Å². The molecule has 0 aliphatic rings. The zero-order chi connectivity index (χ0) is 21.1. The van der Waals surface area contributed by atoms with Gasteiger partial charge in [0.25, 0.3) is 0 Å². The number of nitrogens with zero attached hydrogens (tertiary/aromatic N) is 2. The standard InChI is InChI=1S/C19H13ClFN3O5/c1-2-28-18(25)23-17-16(12-5-3-10(9-22)7-15(12)29-17)24(19(26)27)11-4-6-14(21)13(20)8-11/h3-8H,2H2,1H3,(H,23,25)(H,26,27). The molecule has 0 bridgehead atoms. The number of fused-ring (bicyclic) bond motifs is 1. The Hall–Kier alpha value is -3.77. The number of carbonyl (C=O) groups is 2. The Balaban J connectivity index is 2.24. The van der Waals surface area contributed by atoms with E-state index >= 15 is 0 Å². The predicted molar refractivity (Wildman–Crippen MR) is 103 cm³/mol. The van der Waals surface area contributed by atoms with E-state index < -0.39 is 18.0 Å². The molecule has 0 fully saturated rings. The third kappa shape index (κ3) is 3.93. The lowest BCUT2D eigenvalue weighted by Gasteiger charge is -2.20. The molecule has 2 N–H and O–H groups in total. The highest BCUT2D eigenvalue weighted by atomic mass is 35.5. The van der Waals surface area contributed by atoms with Gasteiger partial charge in [-0.3, -0.25) is 5.32 Å². The van der Waals surface area contributed by atoms with E-state index in [9.17, 15) is 19.1 Å². The second-order valence-electron chi connectivity index (χ2n) is 5.66. The molecule has 148 valence electrons. The number of hydrogen-bond donors (Lipinski definition) is 2. The van der Waals surface area contributed by atoms with E-state index in [0.29, 0.717) is 5.39 Å². The second-order valence-corrected chi connectivity index (χ2v) is 6.07. The van der Waals surface area contributed by atoms with E-state index in [0.717, 1.165) is 17.0 Å². The molecule has 3 aromatic rings. The summed E-state index contributed by atoms with van der Waals surface area (Å²) in [5.74, 6) is -0.947. The van der Waals surface area contributed by atoms with Gasteiger partial charge in [-0.2, -0.15) is 5.26 Å². The molecule has 8 nitrogen and oxygen atoms in total. The van der Waals surface area contributed by atoms with Crippen LogP contribution >= 0.6 is 11.6 Å². The second kappa shape index (κ2) is 8.08. The van der Waals surface area contributed by atoms with E-state index in [1.54, 1.807) is 6.92 Å². The third-order valence-corrected chi connectivity index (χ3v) is 4.15. The first kappa shape index (κ1) is 20.0. The van der Waals surface area contributed by atoms with Crippen LogP contribution in [0, 0.1) is 17.1 Å². The summed E-state index contributed by atoms with van der Waals surface area (Å²) in [5, 5.41) is 21.3. The Morgan fingerprint density at radius 1 is 1.34 bits per heavy atom. The number of nitriles is 1. The SMILES string of the molecule is CCOC(=O)Nc1oc2cc(C#N)ccc2c1N(C(=O)O)c1ccc(F)c(Cl)c1. The molecule has 0 spiro atoms. The number of nitrogens with one attached hydrogen (secondary N) is 1. The Bertz CT molecular complexity index is 1150. The molecular formula is C19H13ClFN3O5. The Labute approximate surface area is 168 Å². The Morgan fingerprint density at radius 3 is 2.72 bits per heavy atom. The highest BCUT2D eigenvalue weighted by molar-refractivity contribution is 6.31. The van der Waals surface area contributed by atoms with Crippen LogP contribution in [0.5, 0.6) is 0 Å². The normalized spacial score (nSPS) is 10.4. The smallest absolute Gasteiger partial charge is 0.416 e. The highest BCUT2D eigenvalue weighted by Crippen LogP contribution is 2.42. The Kier molecular flexibility index (Phi) is 5.57. The minimum Gasteiger partial charge on any atom is -0.464 e. The van der Waals surface area contributed by atoms with Gasteiger partial charge < -0.3 is 14.3 Å². The molecule has 0 unspecified atom stereocenters. The lowest BCUT2D eigenvalue weighted by Crippen LogP contribution is -2.25. The van der Waals surface area contributed by atoms with Crippen LogP contribution in [0.15, 0.2) is 40.8 Å². The lowest BCUT2D eigenvalue weighted by atomic mass is 10.1. The zero-order valence-electron chi connectivity index (χ0n) is 14.9. The maximum atomic E-state index is 13.6. The molecule has 0 radical (unpaired) electrons. The fourth-order valence-corrected chi connectivity index (χ4v) is 2.85. The molecule has 0 atom stereocenters. The van der Waals surface area contributed by atoms with Gasteiger partial charge in [0, 0.05) is 5.39 Å². The first-order valence-corrected chi connectivity index (χ1v) is 8.62. The van der Waals surface area contributed by atoms with Gasteiger partial charge in [0.2, 0.25) is 5.88 Å². The number of amides is 2. The number of ether oxygens (including phenoxy) is 1. The van der Waals surface area contributed by atoms with E-state index in [4.69, 9.17) is 26.0 Å². The summed E-state index contributed by atoms with van der Waals surface area (Å²) in [5.41, 5.74) is 0.396.